The van der Waals surface area contributed by atoms with Crippen LogP contribution in [-0.4, -0.2) is 5.91 Å². The summed E-state index contributed by atoms with van der Waals surface area (Å²) in [7, 11) is 0. The third-order valence-electron chi connectivity index (χ3n) is 1.57. The number of nitrogens with two attached hydrogens (primary N) is 1. The first-order chi connectivity index (χ1) is 5.67. The van der Waals surface area contributed by atoms with Crippen LogP contribution in [0.3, 0.4) is 0 Å². The molecule has 0 aromatic rings. The molecule has 0 heterocycles. The van der Waals surface area contributed by atoms with Crippen LogP contribution in [0.4, 0.5) is 0 Å². The van der Waals surface area contributed by atoms with Crippen LogP contribution in [0.25, 0.3) is 0 Å². The van der Waals surface area contributed by atoms with Crippen LogP contribution in [0.5, 0.6) is 0 Å². The van der Waals surface area contributed by atoms with Crippen LogP contribution < -0.4 is 5.73 Å². The Bertz CT molecular complexity index is 236. The van der Waals surface area contributed by atoms with Gasteiger partial charge in [0.15, 0.2) is 0 Å². The molecule has 0 spiro atoms. The highest BCUT2D eigenvalue weighted by Crippen LogP contribution is 2.10. The van der Waals surface area contributed by atoms with E-state index in [-0.39, 0.29) is 0 Å². The van der Waals surface area contributed by atoms with Crippen molar-refractivity contribution < 1.29 is 4.79 Å². The van der Waals surface area contributed by atoms with Gasteiger partial charge in [-0.3, -0.25) is 4.79 Å². The van der Waals surface area contributed by atoms with Gasteiger partial charge in [-0.25, -0.2) is 0 Å². The average molecular weight is 165 g/mol. The molecule has 1 amide bonds. The van der Waals surface area contributed by atoms with Gasteiger partial charge in [0, 0.05) is 5.57 Å². The SMILES string of the molecule is C=C/C(CC)=C(\C=C/C)C(N)=O. The number of rotatable bonds is 4. The first kappa shape index (κ1) is 10.7. The Balaban J connectivity index is 5.02. The van der Waals surface area contributed by atoms with Gasteiger partial charge in [0.1, 0.15) is 0 Å². The zero-order valence-electron chi connectivity index (χ0n) is 7.63. The first-order valence-electron chi connectivity index (χ1n) is 3.95. The predicted molar refractivity (Wildman–Crippen MR) is 51.5 cm³/mol. The predicted octanol–water partition coefficient (Wildman–Crippen LogP) is 1.94. The molecule has 66 valence electrons. The molecule has 2 nitrogen and oxygen atoms in total. The van der Waals surface area contributed by atoms with E-state index in [1.165, 1.54) is 0 Å². The van der Waals surface area contributed by atoms with Crippen molar-refractivity contribution in [1.82, 2.24) is 0 Å². The van der Waals surface area contributed by atoms with Gasteiger partial charge in [0.25, 0.3) is 0 Å². The third-order valence-corrected chi connectivity index (χ3v) is 1.57. The molecule has 2 N–H and O–H groups in total. The minimum Gasteiger partial charge on any atom is -0.366 e. The van der Waals surface area contributed by atoms with E-state index < -0.39 is 5.91 Å². The molecule has 0 bridgehead atoms. The largest absolute Gasteiger partial charge is 0.366 e. The fourth-order valence-corrected chi connectivity index (χ4v) is 0.959. The number of allylic oxidation sites excluding steroid dienone is 3. The second kappa shape index (κ2) is 5.35. The highest BCUT2D eigenvalue weighted by molar-refractivity contribution is 5.96. The Morgan fingerprint density at radius 3 is 2.42 bits per heavy atom. The highest BCUT2D eigenvalue weighted by atomic mass is 16.1. The molecular weight excluding hydrogens is 150 g/mol. The lowest BCUT2D eigenvalue weighted by Gasteiger charge is -2.01. The Morgan fingerprint density at radius 1 is 1.58 bits per heavy atom. The van der Waals surface area contributed by atoms with Crippen LogP contribution in [-0.2, 0) is 4.79 Å². The lowest BCUT2D eigenvalue weighted by molar-refractivity contribution is -0.114. The Morgan fingerprint density at radius 2 is 2.17 bits per heavy atom. The third kappa shape index (κ3) is 2.74. The molecule has 0 fully saturated rings. The summed E-state index contributed by atoms with van der Waals surface area (Å²) in [6.07, 6.45) is 5.94. The lowest BCUT2D eigenvalue weighted by Crippen LogP contribution is -2.14. The molecule has 0 aliphatic heterocycles. The molecule has 0 radical (unpaired) electrons. The summed E-state index contributed by atoms with van der Waals surface area (Å²) in [5.41, 5.74) is 6.62. The van der Waals surface area contributed by atoms with Gasteiger partial charge in [-0.2, -0.15) is 0 Å². The summed E-state index contributed by atoms with van der Waals surface area (Å²) in [5.74, 6) is -0.398. The van der Waals surface area contributed by atoms with Crippen LogP contribution in [0.2, 0.25) is 0 Å². The number of hydrogen-bond acceptors (Lipinski definition) is 1. The summed E-state index contributed by atoms with van der Waals surface area (Å²) < 4.78 is 0. The van der Waals surface area contributed by atoms with E-state index in [4.69, 9.17) is 5.73 Å². The minimum atomic E-state index is -0.398. The minimum absolute atomic E-state index is 0.398. The number of amides is 1. The summed E-state index contributed by atoms with van der Waals surface area (Å²) in [6.45, 7) is 7.43. The molecule has 0 rings (SSSR count). The standard InChI is InChI=1S/C10H15NO/c1-4-7-9(10(11)12)8(5-2)6-3/h4-5,7H,2,6H2,1,3H3,(H2,11,12)/b7-4-,9-8-. The van der Waals surface area contributed by atoms with Crippen molar-refractivity contribution in [3.05, 3.63) is 36.0 Å². The number of carbonyl (C=O) groups is 1. The molecule has 0 saturated heterocycles. The first-order valence-corrected chi connectivity index (χ1v) is 3.95. The zero-order chi connectivity index (χ0) is 9.56. The van der Waals surface area contributed by atoms with Crippen molar-refractivity contribution in [2.24, 2.45) is 5.73 Å². The molecule has 0 aliphatic rings. The summed E-state index contributed by atoms with van der Waals surface area (Å²) >= 11 is 0. The Kier molecular flexibility index (Phi) is 4.77. The average Bonchev–Trinajstić information content (AvgIpc) is 2.05. The van der Waals surface area contributed by atoms with Crippen molar-refractivity contribution in [2.45, 2.75) is 20.3 Å². The van der Waals surface area contributed by atoms with E-state index in [1.807, 2.05) is 13.8 Å². The summed E-state index contributed by atoms with van der Waals surface area (Å²) in [4.78, 5) is 10.9. The van der Waals surface area contributed by atoms with Crippen molar-refractivity contribution in [3.8, 4) is 0 Å². The van der Waals surface area contributed by atoms with E-state index in [9.17, 15) is 4.79 Å². The molecule has 12 heavy (non-hydrogen) atoms. The maximum absolute atomic E-state index is 10.9. The summed E-state index contributed by atoms with van der Waals surface area (Å²) in [6, 6.07) is 0. The van der Waals surface area contributed by atoms with Crippen molar-refractivity contribution in [1.29, 1.82) is 0 Å². The Hall–Kier alpha value is -1.31. The smallest absolute Gasteiger partial charge is 0.248 e. The zero-order valence-corrected chi connectivity index (χ0v) is 7.63. The number of carbonyl (C=O) groups excluding carboxylic acids is 1. The number of hydrogen-bond donors (Lipinski definition) is 1. The van der Waals surface area contributed by atoms with E-state index in [0.29, 0.717) is 5.57 Å². The maximum atomic E-state index is 10.9. The van der Waals surface area contributed by atoms with Crippen LogP contribution in [0.15, 0.2) is 36.0 Å². The summed E-state index contributed by atoms with van der Waals surface area (Å²) in [5, 5.41) is 0. The van der Waals surface area contributed by atoms with E-state index in [2.05, 4.69) is 6.58 Å². The van der Waals surface area contributed by atoms with Gasteiger partial charge >= 0.3 is 0 Å². The van der Waals surface area contributed by atoms with Crippen molar-refractivity contribution in [3.63, 3.8) is 0 Å². The molecular formula is C10H15NO. The van der Waals surface area contributed by atoms with Crippen LogP contribution >= 0.6 is 0 Å². The van der Waals surface area contributed by atoms with Gasteiger partial charge < -0.3 is 5.73 Å². The fraction of sp³-hybridized carbons (Fsp3) is 0.300. The molecule has 2 heteroatoms. The molecule has 0 aromatic heterocycles. The van der Waals surface area contributed by atoms with Crippen molar-refractivity contribution in [2.75, 3.05) is 0 Å². The molecule has 0 aliphatic carbocycles. The number of primary amides is 1. The normalized spacial score (nSPS) is 12.8. The van der Waals surface area contributed by atoms with Gasteiger partial charge in [-0.15, -0.1) is 0 Å². The van der Waals surface area contributed by atoms with Gasteiger partial charge in [-0.05, 0) is 18.9 Å². The van der Waals surface area contributed by atoms with E-state index in [0.717, 1.165) is 12.0 Å². The molecule has 0 aromatic carbocycles. The van der Waals surface area contributed by atoms with E-state index >= 15 is 0 Å². The van der Waals surface area contributed by atoms with Gasteiger partial charge in [0.05, 0.1) is 0 Å². The molecule has 0 atom stereocenters. The topological polar surface area (TPSA) is 43.1 Å². The van der Waals surface area contributed by atoms with Gasteiger partial charge in [-0.1, -0.05) is 31.7 Å². The maximum Gasteiger partial charge on any atom is 0.248 e. The Labute approximate surface area is 73.5 Å². The molecule has 0 saturated carbocycles. The van der Waals surface area contributed by atoms with E-state index in [1.54, 1.807) is 18.2 Å². The fourth-order valence-electron chi connectivity index (χ4n) is 0.959. The van der Waals surface area contributed by atoms with Crippen LogP contribution in [0.1, 0.15) is 20.3 Å². The highest BCUT2D eigenvalue weighted by Gasteiger charge is 2.04. The monoisotopic (exact) mass is 165 g/mol. The lowest BCUT2D eigenvalue weighted by atomic mass is 10.1. The van der Waals surface area contributed by atoms with Crippen molar-refractivity contribution >= 4 is 5.91 Å². The quantitative estimate of drug-likeness (QED) is 0.502. The van der Waals surface area contributed by atoms with Gasteiger partial charge in [0.2, 0.25) is 5.91 Å². The molecule has 0 unspecified atom stereocenters. The second-order valence-electron chi connectivity index (χ2n) is 2.36. The van der Waals surface area contributed by atoms with Crippen LogP contribution in [0, 0.1) is 0 Å². The second-order valence-corrected chi connectivity index (χ2v) is 2.36.